The molecule has 2 rings (SSSR count). The Morgan fingerprint density at radius 2 is 1.89 bits per heavy atom. The molecule has 0 heterocycles. The van der Waals surface area contributed by atoms with Gasteiger partial charge in [0.1, 0.15) is 0 Å². The first kappa shape index (κ1) is 12.9. The highest BCUT2D eigenvalue weighted by molar-refractivity contribution is 6.02. The van der Waals surface area contributed by atoms with Crippen molar-refractivity contribution in [2.45, 2.75) is 6.92 Å². The maximum Gasteiger partial charge on any atom is 0.248 e. The summed E-state index contributed by atoms with van der Waals surface area (Å²) >= 11 is 0. The molecule has 96 valence electrons. The van der Waals surface area contributed by atoms with E-state index in [0.717, 1.165) is 5.56 Å². The molecule has 2 aromatic rings. The molecule has 3 heteroatoms. The monoisotopic (exact) mass is 252 g/mol. The van der Waals surface area contributed by atoms with Crippen molar-refractivity contribution < 1.29 is 4.79 Å². The molecule has 1 amide bonds. The standard InChI is InChI=1S/C16H16N2O/c1-12-5-7-13(8-6-12)9-10-16(19)18-15-4-2-3-14(17)11-15/h2-11H,17H2,1H3,(H,18,19)/b10-9+. The number of hydrogen-bond donors (Lipinski definition) is 2. The fourth-order valence-corrected chi connectivity index (χ4v) is 1.65. The van der Waals surface area contributed by atoms with Gasteiger partial charge in [0.05, 0.1) is 0 Å². The average molecular weight is 252 g/mol. The van der Waals surface area contributed by atoms with Crippen LogP contribution >= 0.6 is 0 Å². The molecule has 19 heavy (non-hydrogen) atoms. The lowest BCUT2D eigenvalue weighted by molar-refractivity contribution is -0.111. The van der Waals surface area contributed by atoms with Gasteiger partial charge < -0.3 is 11.1 Å². The Morgan fingerprint density at radius 1 is 1.16 bits per heavy atom. The van der Waals surface area contributed by atoms with E-state index in [9.17, 15) is 4.79 Å². The molecule has 0 saturated heterocycles. The number of aryl methyl sites for hydroxylation is 1. The van der Waals surface area contributed by atoms with Crippen molar-refractivity contribution in [3.05, 3.63) is 65.7 Å². The van der Waals surface area contributed by atoms with Gasteiger partial charge >= 0.3 is 0 Å². The van der Waals surface area contributed by atoms with Crippen molar-refractivity contribution in [3.8, 4) is 0 Å². The number of nitrogen functional groups attached to an aromatic ring is 1. The highest BCUT2D eigenvalue weighted by atomic mass is 16.1. The highest BCUT2D eigenvalue weighted by Crippen LogP contribution is 2.12. The van der Waals surface area contributed by atoms with E-state index in [2.05, 4.69) is 5.32 Å². The Hall–Kier alpha value is -2.55. The van der Waals surface area contributed by atoms with Crippen molar-refractivity contribution >= 4 is 23.4 Å². The zero-order valence-corrected chi connectivity index (χ0v) is 10.8. The van der Waals surface area contributed by atoms with Crippen molar-refractivity contribution in [3.63, 3.8) is 0 Å². The Balaban J connectivity index is 1.99. The van der Waals surface area contributed by atoms with Crippen LogP contribution in [0.5, 0.6) is 0 Å². The first-order chi connectivity index (χ1) is 9.13. The molecular weight excluding hydrogens is 236 g/mol. The largest absolute Gasteiger partial charge is 0.399 e. The van der Waals surface area contributed by atoms with E-state index in [0.29, 0.717) is 11.4 Å². The number of nitrogens with one attached hydrogen (secondary N) is 1. The first-order valence-corrected chi connectivity index (χ1v) is 6.05. The Morgan fingerprint density at radius 3 is 2.58 bits per heavy atom. The van der Waals surface area contributed by atoms with E-state index in [4.69, 9.17) is 5.73 Å². The molecule has 0 aromatic heterocycles. The third-order valence-electron chi connectivity index (χ3n) is 2.66. The van der Waals surface area contributed by atoms with Gasteiger partial charge in [-0.2, -0.15) is 0 Å². The van der Waals surface area contributed by atoms with E-state index in [-0.39, 0.29) is 5.91 Å². The fourth-order valence-electron chi connectivity index (χ4n) is 1.65. The summed E-state index contributed by atoms with van der Waals surface area (Å²) in [6.45, 7) is 2.03. The summed E-state index contributed by atoms with van der Waals surface area (Å²) in [4.78, 5) is 11.7. The second-order valence-electron chi connectivity index (χ2n) is 4.36. The Bertz CT molecular complexity index is 600. The minimum Gasteiger partial charge on any atom is -0.399 e. The summed E-state index contributed by atoms with van der Waals surface area (Å²) in [6, 6.07) is 15.1. The zero-order chi connectivity index (χ0) is 13.7. The molecule has 0 fully saturated rings. The SMILES string of the molecule is Cc1ccc(/C=C/C(=O)Nc2cccc(N)c2)cc1. The van der Waals surface area contributed by atoms with Crippen LogP contribution < -0.4 is 11.1 Å². The maximum absolute atomic E-state index is 11.7. The van der Waals surface area contributed by atoms with Gasteiger partial charge in [0.2, 0.25) is 5.91 Å². The molecule has 0 atom stereocenters. The summed E-state index contributed by atoms with van der Waals surface area (Å²) in [7, 11) is 0. The summed E-state index contributed by atoms with van der Waals surface area (Å²) in [6.07, 6.45) is 3.29. The molecule has 2 aromatic carbocycles. The molecule has 0 radical (unpaired) electrons. The predicted molar refractivity (Wildman–Crippen MR) is 79.7 cm³/mol. The zero-order valence-electron chi connectivity index (χ0n) is 10.8. The molecule has 3 nitrogen and oxygen atoms in total. The number of rotatable bonds is 3. The van der Waals surface area contributed by atoms with Crippen molar-refractivity contribution in [2.24, 2.45) is 0 Å². The number of carbonyl (C=O) groups excluding carboxylic acids is 1. The smallest absolute Gasteiger partial charge is 0.248 e. The van der Waals surface area contributed by atoms with Crippen LogP contribution in [0.15, 0.2) is 54.6 Å². The van der Waals surface area contributed by atoms with Gasteiger partial charge in [-0.15, -0.1) is 0 Å². The molecular formula is C16H16N2O. The molecule has 0 aliphatic rings. The van der Waals surface area contributed by atoms with Crippen LogP contribution in [0.3, 0.4) is 0 Å². The predicted octanol–water partition coefficient (Wildman–Crippen LogP) is 3.23. The van der Waals surface area contributed by atoms with Crippen molar-refractivity contribution in [2.75, 3.05) is 11.1 Å². The topological polar surface area (TPSA) is 55.1 Å². The van der Waals surface area contributed by atoms with Gasteiger partial charge in [-0.05, 0) is 36.8 Å². The molecule has 0 spiro atoms. The number of nitrogens with two attached hydrogens (primary N) is 1. The van der Waals surface area contributed by atoms with Crippen LogP contribution in [0.1, 0.15) is 11.1 Å². The lowest BCUT2D eigenvalue weighted by Crippen LogP contribution is -2.07. The first-order valence-electron chi connectivity index (χ1n) is 6.05. The van der Waals surface area contributed by atoms with Crippen LogP contribution in [-0.4, -0.2) is 5.91 Å². The van der Waals surface area contributed by atoms with Crippen molar-refractivity contribution in [1.82, 2.24) is 0 Å². The van der Waals surface area contributed by atoms with Crippen LogP contribution in [0.4, 0.5) is 11.4 Å². The summed E-state index contributed by atoms with van der Waals surface area (Å²) in [5, 5.41) is 2.76. The molecule has 0 aliphatic heterocycles. The lowest BCUT2D eigenvalue weighted by Gasteiger charge is -2.02. The summed E-state index contributed by atoms with van der Waals surface area (Å²) in [5.74, 6) is -0.175. The quantitative estimate of drug-likeness (QED) is 0.651. The third-order valence-corrected chi connectivity index (χ3v) is 2.66. The molecule has 0 unspecified atom stereocenters. The summed E-state index contributed by atoms with van der Waals surface area (Å²) < 4.78 is 0. The van der Waals surface area contributed by atoms with E-state index >= 15 is 0 Å². The van der Waals surface area contributed by atoms with Gasteiger partial charge in [0.25, 0.3) is 0 Å². The molecule has 0 saturated carbocycles. The number of anilines is 2. The molecule has 0 bridgehead atoms. The number of carbonyl (C=O) groups is 1. The average Bonchev–Trinajstić information content (AvgIpc) is 2.38. The normalized spacial score (nSPS) is 10.6. The van der Waals surface area contributed by atoms with Crippen LogP contribution in [0.25, 0.3) is 6.08 Å². The van der Waals surface area contributed by atoms with Gasteiger partial charge in [0.15, 0.2) is 0 Å². The van der Waals surface area contributed by atoms with Crippen LogP contribution in [-0.2, 0) is 4.79 Å². The fraction of sp³-hybridized carbons (Fsp3) is 0.0625. The summed E-state index contributed by atoms with van der Waals surface area (Å²) in [5.41, 5.74) is 9.15. The van der Waals surface area contributed by atoms with Crippen LogP contribution in [0, 0.1) is 6.92 Å². The number of benzene rings is 2. The number of amides is 1. The molecule has 0 aliphatic carbocycles. The van der Waals surface area contributed by atoms with E-state index in [1.165, 1.54) is 11.6 Å². The van der Waals surface area contributed by atoms with E-state index in [1.54, 1.807) is 30.3 Å². The number of hydrogen-bond acceptors (Lipinski definition) is 2. The minimum atomic E-state index is -0.175. The maximum atomic E-state index is 11.7. The Labute approximate surface area is 112 Å². The van der Waals surface area contributed by atoms with E-state index < -0.39 is 0 Å². The second kappa shape index (κ2) is 5.87. The van der Waals surface area contributed by atoms with Gasteiger partial charge in [-0.25, -0.2) is 0 Å². The van der Waals surface area contributed by atoms with Gasteiger partial charge in [0, 0.05) is 17.5 Å². The van der Waals surface area contributed by atoms with E-state index in [1.807, 2.05) is 31.2 Å². The Kier molecular flexibility index (Phi) is 3.98. The van der Waals surface area contributed by atoms with Crippen molar-refractivity contribution in [1.29, 1.82) is 0 Å². The second-order valence-corrected chi connectivity index (χ2v) is 4.36. The lowest BCUT2D eigenvalue weighted by atomic mass is 10.1. The highest BCUT2D eigenvalue weighted by Gasteiger charge is 1.97. The minimum absolute atomic E-state index is 0.175. The van der Waals surface area contributed by atoms with Gasteiger partial charge in [-0.1, -0.05) is 35.9 Å². The van der Waals surface area contributed by atoms with Gasteiger partial charge in [-0.3, -0.25) is 4.79 Å². The third kappa shape index (κ3) is 4.00. The van der Waals surface area contributed by atoms with Crippen LogP contribution in [0.2, 0.25) is 0 Å². The molecule has 3 N–H and O–H groups in total.